The minimum Gasteiger partial charge on any atom is -0.461 e. The lowest BCUT2D eigenvalue weighted by Crippen LogP contribution is -2.43. The minimum atomic E-state index is -3.55. The standard InChI is InChI=1S/C22H35NO6S/c1-16(2)13-18(21(25)29-22(3,4)5)19(14-23(6)30(7,26)27)20(24)28-15-17-11-9-8-10-12-17/h8-12,16,18-19H,13-15H2,1-7H3/t18-,19+/m1/s1. The quantitative estimate of drug-likeness (QED) is 0.518. The van der Waals surface area contributed by atoms with Gasteiger partial charge in [-0.25, -0.2) is 12.7 Å². The molecule has 0 aromatic heterocycles. The molecule has 0 fully saturated rings. The third-order valence-electron chi connectivity index (χ3n) is 4.47. The maximum Gasteiger partial charge on any atom is 0.311 e. The molecule has 170 valence electrons. The first-order valence-corrected chi connectivity index (χ1v) is 11.9. The van der Waals surface area contributed by atoms with E-state index in [9.17, 15) is 18.0 Å². The van der Waals surface area contributed by atoms with Gasteiger partial charge in [-0.3, -0.25) is 9.59 Å². The fraction of sp³-hybridized carbons (Fsp3) is 0.636. The van der Waals surface area contributed by atoms with Crippen molar-refractivity contribution in [2.75, 3.05) is 19.8 Å². The number of carbonyl (C=O) groups is 2. The molecule has 1 aromatic rings. The van der Waals surface area contributed by atoms with Crippen LogP contribution in [-0.4, -0.2) is 50.1 Å². The SMILES string of the molecule is CC(C)C[C@@H](C(=O)OC(C)(C)C)[C@H](CN(C)S(C)(=O)=O)C(=O)OCc1ccccc1. The van der Waals surface area contributed by atoms with Crippen LogP contribution in [-0.2, 0) is 35.7 Å². The number of hydrogen-bond acceptors (Lipinski definition) is 6. The van der Waals surface area contributed by atoms with Gasteiger partial charge in [0, 0.05) is 13.6 Å². The maximum atomic E-state index is 13.0. The van der Waals surface area contributed by atoms with Crippen LogP contribution in [0.5, 0.6) is 0 Å². The van der Waals surface area contributed by atoms with E-state index in [4.69, 9.17) is 9.47 Å². The van der Waals surface area contributed by atoms with E-state index in [2.05, 4.69) is 0 Å². The van der Waals surface area contributed by atoms with Crippen LogP contribution in [0.15, 0.2) is 30.3 Å². The molecule has 0 N–H and O–H groups in total. The Morgan fingerprint density at radius 3 is 2.07 bits per heavy atom. The first-order chi connectivity index (χ1) is 13.7. The molecular formula is C22H35NO6S. The minimum absolute atomic E-state index is 0.0431. The summed E-state index contributed by atoms with van der Waals surface area (Å²) in [7, 11) is -2.16. The number of benzene rings is 1. The molecule has 0 saturated heterocycles. The Hall–Kier alpha value is -1.93. The predicted octanol–water partition coefficient (Wildman–Crippen LogP) is 3.24. The average Bonchev–Trinajstić information content (AvgIpc) is 2.60. The second-order valence-electron chi connectivity index (χ2n) is 9.01. The molecule has 30 heavy (non-hydrogen) atoms. The monoisotopic (exact) mass is 441 g/mol. The molecule has 1 aromatic carbocycles. The maximum absolute atomic E-state index is 13.0. The highest BCUT2D eigenvalue weighted by atomic mass is 32.2. The second kappa shape index (κ2) is 10.9. The van der Waals surface area contributed by atoms with Crippen molar-refractivity contribution < 1.29 is 27.5 Å². The fourth-order valence-electron chi connectivity index (χ4n) is 2.92. The van der Waals surface area contributed by atoms with Crippen molar-refractivity contribution in [1.82, 2.24) is 4.31 Å². The molecule has 8 heteroatoms. The van der Waals surface area contributed by atoms with Crippen LogP contribution in [0.2, 0.25) is 0 Å². The Morgan fingerprint density at radius 1 is 1.03 bits per heavy atom. The highest BCUT2D eigenvalue weighted by molar-refractivity contribution is 7.88. The first-order valence-electron chi connectivity index (χ1n) is 10.1. The van der Waals surface area contributed by atoms with Crippen molar-refractivity contribution in [2.45, 2.75) is 53.2 Å². The molecular weight excluding hydrogens is 406 g/mol. The molecule has 0 aliphatic rings. The third-order valence-corrected chi connectivity index (χ3v) is 5.75. The molecule has 0 amide bonds. The smallest absolute Gasteiger partial charge is 0.311 e. The lowest BCUT2D eigenvalue weighted by atomic mass is 9.85. The summed E-state index contributed by atoms with van der Waals surface area (Å²) in [6, 6.07) is 9.17. The number of rotatable bonds is 10. The Morgan fingerprint density at radius 2 is 1.60 bits per heavy atom. The zero-order valence-electron chi connectivity index (χ0n) is 19.0. The summed E-state index contributed by atoms with van der Waals surface area (Å²) < 4.78 is 36.0. The van der Waals surface area contributed by atoms with Gasteiger partial charge in [0.1, 0.15) is 12.2 Å². The van der Waals surface area contributed by atoms with Gasteiger partial charge in [-0.1, -0.05) is 44.2 Å². The van der Waals surface area contributed by atoms with Gasteiger partial charge in [0.15, 0.2) is 0 Å². The van der Waals surface area contributed by atoms with E-state index in [1.165, 1.54) is 7.05 Å². The molecule has 0 bridgehead atoms. The first kappa shape index (κ1) is 26.1. The van der Waals surface area contributed by atoms with Gasteiger partial charge in [0.25, 0.3) is 0 Å². The lowest BCUT2D eigenvalue weighted by molar-refractivity contribution is -0.169. The van der Waals surface area contributed by atoms with Crippen LogP contribution in [0.3, 0.4) is 0 Å². The summed E-state index contributed by atoms with van der Waals surface area (Å²) in [6.45, 7) is 9.01. The lowest BCUT2D eigenvalue weighted by Gasteiger charge is -2.31. The number of esters is 2. The van der Waals surface area contributed by atoms with Gasteiger partial charge in [0.05, 0.1) is 18.1 Å². The van der Waals surface area contributed by atoms with E-state index in [-0.39, 0.29) is 19.1 Å². The highest BCUT2D eigenvalue weighted by Crippen LogP contribution is 2.27. The number of ether oxygens (including phenoxy) is 2. The predicted molar refractivity (Wildman–Crippen MR) is 116 cm³/mol. The van der Waals surface area contributed by atoms with Crippen LogP contribution in [0.4, 0.5) is 0 Å². The second-order valence-corrected chi connectivity index (χ2v) is 11.1. The van der Waals surface area contributed by atoms with Gasteiger partial charge in [-0.05, 0) is 38.7 Å². The Bertz CT molecular complexity index is 799. The molecule has 0 radical (unpaired) electrons. The average molecular weight is 442 g/mol. The van der Waals surface area contributed by atoms with Crippen molar-refractivity contribution in [3.63, 3.8) is 0 Å². The Labute approximate surface area is 180 Å². The molecule has 7 nitrogen and oxygen atoms in total. The van der Waals surface area contributed by atoms with E-state index in [0.717, 1.165) is 16.1 Å². The van der Waals surface area contributed by atoms with Gasteiger partial charge >= 0.3 is 11.9 Å². The van der Waals surface area contributed by atoms with E-state index < -0.39 is 39.4 Å². The van der Waals surface area contributed by atoms with E-state index in [0.29, 0.717) is 6.42 Å². The van der Waals surface area contributed by atoms with E-state index in [1.807, 2.05) is 44.2 Å². The van der Waals surface area contributed by atoms with Crippen LogP contribution >= 0.6 is 0 Å². The van der Waals surface area contributed by atoms with Gasteiger partial charge in [0.2, 0.25) is 10.0 Å². The van der Waals surface area contributed by atoms with Crippen LogP contribution in [0.1, 0.15) is 46.6 Å². The zero-order chi connectivity index (χ0) is 23.1. The van der Waals surface area contributed by atoms with Gasteiger partial charge in [-0.2, -0.15) is 0 Å². The van der Waals surface area contributed by atoms with E-state index in [1.54, 1.807) is 20.8 Å². The van der Waals surface area contributed by atoms with Crippen molar-refractivity contribution in [1.29, 1.82) is 0 Å². The van der Waals surface area contributed by atoms with Crippen molar-refractivity contribution >= 4 is 22.0 Å². The summed E-state index contributed by atoms with van der Waals surface area (Å²) in [6.07, 6.45) is 1.43. The van der Waals surface area contributed by atoms with Crippen LogP contribution in [0.25, 0.3) is 0 Å². The molecule has 0 heterocycles. The van der Waals surface area contributed by atoms with Crippen molar-refractivity contribution in [3.8, 4) is 0 Å². The topological polar surface area (TPSA) is 90.0 Å². The largest absolute Gasteiger partial charge is 0.461 e. The number of nitrogens with zero attached hydrogens (tertiary/aromatic N) is 1. The molecule has 0 aliphatic heterocycles. The fourth-order valence-corrected chi connectivity index (χ4v) is 3.36. The molecule has 0 spiro atoms. The van der Waals surface area contributed by atoms with E-state index >= 15 is 0 Å². The van der Waals surface area contributed by atoms with Gasteiger partial charge < -0.3 is 9.47 Å². The summed E-state index contributed by atoms with van der Waals surface area (Å²) in [5.41, 5.74) is 0.0758. The third kappa shape index (κ3) is 9.26. The molecule has 0 aliphatic carbocycles. The number of sulfonamides is 1. The number of carbonyl (C=O) groups excluding carboxylic acids is 2. The highest BCUT2D eigenvalue weighted by Gasteiger charge is 2.39. The molecule has 2 atom stereocenters. The van der Waals surface area contributed by atoms with Crippen LogP contribution < -0.4 is 0 Å². The van der Waals surface area contributed by atoms with Crippen molar-refractivity contribution in [2.24, 2.45) is 17.8 Å². The van der Waals surface area contributed by atoms with Crippen LogP contribution in [0, 0.1) is 17.8 Å². The molecule has 0 saturated carbocycles. The molecule has 1 rings (SSSR count). The van der Waals surface area contributed by atoms with Crippen molar-refractivity contribution in [3.05, 3.63) is 35.9 Å². The molecule has 0 unspecified atom stereocenters. The summed E-state index contributed by atoms with van der Waals surface area (Å²) in [4.78, 5) is 26.0. The Balaban J connectivity index is 3.17. The summed E-state index contributed by atoms with van der Waals surface area (Å²) in [5.74, 6) is -2.86. The summed E-state index contributed by atoms with van der Waals surface area (Å²) in [5, 5.41) is 0. The number of hydrogen-bond donors (Lipinski definition) is 0. The zero-order valence-corrected chi connectivity index (χ0v) is 19.9. The van der Waals surface area contributed by atoms with Gasteiger partial charge in [-0.15, -0.1) is 0 Å². The Kier molecular flexibility index (Phi) is 9.49. The normalized spacial score (nSPS) is 14.4. The summed E-state index contributed by atoms with van der Waals surface area (Å²) >= 11 is 0.